The van der Waals surface area contributed by atoms with E-state index in [2.05, 4.69) is 5.32 Å². The van der Waals surface area contributed by atoms with E-state index in [1.165, 1.54) is 19.3 Å². The Balaban J connectivity index is 1.63. The first-order chi connectivity index (χ1) is 12.5. The molecule has 1 N–H and O–H groups in total. The fourth-order valence-corrected chi connectivity index (χ4v) is 2.67. The predicted octanol–water partition coefficient (Wildman–Crippen LogP) is 3.25. The number of rotatable bonds is 6. The van der Waals surface area contributed by atoms with Gasteiger partial charge in [0.2, 0.25) is 12.7 Å². The smallest absolute Gasteiger partial charge is 0.244 e. The normalized spacial score (nSPS) is 15.0. The molecule has 5 nitrogen and oxygen atoms in total. The van der Waals surface area contributed by atoms with Gasteiger partial charge in [-0.25, -0.2) is 4.39 Å². The number of halogens is 1. The van der Waals surface area contributed by atoms with Crippen molar-refractivity contribution in [3.8, 4) is 11.5 Å². The quantitative estimate of drug-likeness (QED) is 0.807. The molecule has 0 aromatic heterocycles. The minimum atomic E-state index is -0.965. The second-order valence-corrected chi connectivity index (χ2v) is 6.08. The van der Waals surface area contributed by atoms with Gasteiger partial charge in [0.15, 0.2) is 11.5 Å². The largest absolute Gasteiger partial charge is 0.454 e. The molecule has 2 aromatic rings. The van der Waals surface area contributed by atoms with Crippen LogP contribution < -0.4 is 14.8 Å². The van der Waals surface area contributed by atoms with Gasteiger partial charge in [0.1, 0.15) is 11.4 Å². The second-order valence-electron chi connectivity index (χ2n) is 6.08. The monoisotopic (exact) mass is 357 g/mol. The third kappa shape index (κ3) is 3.86. The Morgan fingerprint density at radius 3 is 2.81 bits per heavy atom. The highest BCUT2D eigenvalue weighted by atomic mass is 19.1. The Labute approximate surface area is 151 Å². The maximum atomic E-state index is 14.0. The number of methoxy groups -OCH3 is 1. The van der Waals surface area contributed by atoms with Crippen LogP contribution in [0.25, 0.3) is 6.08 Å². The zero-order valence-corrected chi connectivity index (χ0v) is 14.6. The highest BCUT2D eigenvalue weighted by Crippen LogP contribution is 2.32. The molecule has 1 unspecified atom stereocenters. The minimum absolute atomic E-state index is 0.134. The minimum Gasteiger partial charge on any atom is -0.454 e. The van der Waals surface area contributed by atoms with Gasteiger partial charge < -0.3 is 19.5 Å². The number of carbonyl (C=O) groups excluding carboxylic acids is 1. The lowest BCUT2D eigenvalue weighted by atomic mass is 9.95. The molecule has 0 aliphatic carbocycles. The van der Waals surface area contributed by atoms with Crippen molar-refractivity contribution >= 4 is 12.0 Å². The van der Waals surface area contributed by atoms with Crippen molar-refractivity contribution in [2.45, 2.75) is 12.5 Å². The molecule has 0 saturated heterocycles. The Hall–Kier alpha value is -2.86. The molecule has 1 atom stereocenters. The molecule has 0 saturated carbocycles. The molecule has 6 heteroatoms. The molecule has 0 fully saturated rings. The van der Waals surface area contributed by atoms with Gasteiger partial charge in [-0.2, -0.15) is 0 Å². The molecule has 1 amide bonds. The number of hydrogen-bond acceptors (Lipinski definition) is 4. The van der Waals surface area contributed by atoms with Gasteiger partial charge in [0.05, 0.1) is 6.54 Å². The Bertz CT molecular complexity index is 836. The van der Waals surface area contributed by atoms with Crippen molar-refractivity contribution in [3.63, 3.8) is 0 Å². The Morgan fingerprint density at radius 1 is 1.27 bits per heavy atom. The maximum Gasteiger partial charge on any atom is 0.244 e. The molecule has 0 bridgehead atoms. The number of benzene rings is 2. The summed E-state index contributed by atoms with van der Waals surface area (Å²) in [5.41, 5.74) is 0.240. The standard InChI is InChI=1S/C20H20FNO4/c1-20(24-2,15-5-3-4-6-16(15)21)12-22-19(23)10-8-14-7-9-17-18(11-14)26-13-25-17/h3-11H,12-13H2,1-2H3,(H,22,23)/b10-8+. The van der Waals surface area contributed by atoms with Crippen molar-refractivity contribution in [3.05, 3.63) is 65.5 Å². The predicted molar refractivity (Wildman–Crippen MR) is 95.4 cm³/mol. The average Bonchev–Trinajstić information content (AvgIpc) is 3.12. The van der Waals surface area contributed by atoms with Crippen molar-refractivity contribution in [1.29, 1.82) is 0 Å². The van der Waals surface area contributed by atoms with Gasteiger partial charge >= 0.3 is 0 Å². The third-order valence-corrected chi connectivity index (χ3v) is 4.32. The molecule has 0 spiro atoms. The first-order valence-corrected chi connectivity index (χ1v) is 8.17. The van der Waals surface area contributed by atoms with E-state index in [4.69, 9.17) is 14.2 Å². The molecule has 1 heterocycles. The number of fused-ring (bicyclic) bond motifs is 1. The molecular formula is C20H20FNO4. The molecule has 26 heavy (non-hydrogen) atoms. The van der Waals surface area contributed by atoms with Gasteiger partial charge in [0, 0.05) is 18.7 Å². The zero-order valence-electron chi connectivity index (χ0n) is 14.6. The summed E-state index contributed by atoms with van der Waals surface area (Å²) in [5, 5.41) is 2.75. The summed E-state index contributed by atoms with van der Waals surface area (Å²) in [6.45, 7) is 2.07. The average molecular weight is 357 g/mol. The molecule has 0 radical (unpaired) electrons. The SMILES string of the molecule is COC(C)(CNC(=O)/C=C/c1ccc2c(c1)OCO2)c1ccccc1F. The summed E-state index contributed by atoms with van der Waals surface area (Å²) in [4.78, 5) is 12.1. The van der Waals surface area contributed by atoms with Gasteiger partial charge in [-0.3, -0.25) is 4.79 Å². The van der Waals surface area contributed by atoms with Gasteiger partial charge in [0.25, 0.3) is 0 Å². The van der Waals surface area contributed by atoms with Crippen LogP contribution in [0.15, 0.2) is 48.5 Å². The molecule has 1 aliphatic rings. The first kappa shape index (κ1) is 17.9. The summed E-state index contributed by atoms with van der Waals surface area (Å²) in [6.07, 6.45) is 3.08. The third-order valence-electron chi connectivity index (χ3n) is 4.32. The van der Waals surface area contributed by atoms with Crippen LogP contribution in [-0.4, -0.2) is 26.4 Å². The number of amides is 1. The summed E-state index contributed by atoms with van der Waals surface area (Å²) >= 11 is 0. The molecule has 2 aromatic carbocycles. The number of nitrogens with one attached hydrogen (secondary N) is 1. The highest BCUT2D eigenvalue weighted by Gasteiger charge is 2.29. The second kappa shape index (κ2) is 7.58. The van der Waals surface area contributed by atoms with E-state index < -0.39 is 5.60 Å². The van der Waals surface area contributed by atoms with E-state index in [-0.39, 0.29) is 25.1 Å². The van der Waals surface area contributed by atoms with E-state index in [9.17, 15) is 9.18 Å². The molecular weight excluding hydrogens is 337 g/mol. The molecule has 136 valence electrons. The lowest BCUT2D eigenvalue weighted by molar-refractivity contribution is -0.118. The van der Waals surface area contributed by atoms with E-state index >= 15 is 0 Å². The van der Waals surface area contributed by atoms with E-state index in [1.54, 1.807) is 43.3 Å². The van der Waals surface area contributed by atoms with Crippen LogP contribution in [0.2, 0.25) is 0 Å². The lowest BCUT2D eigenvalue weighted by Crippen LogP contribution is -2.40. The van der Waals surface area contributed by atoms with Crippen LogP contribution in [0.1, 0.15) is 18.1 Å². The van der Waals surface area contributed by atoms with E-state index in [1.807, 2.05) is 6.07 Å². The van der Waals surface area contributed by atoms with Crippen molar-refractivity contribution in [1.82, 2.24) is 5.32 Å². The molecule has 3 rings (SSSR count). The van der Waals surface area contributed by atoms with E-state index in [0.717, 1.165) is 5.56 Å². The van der Waals surface area contributed by atoms with Gasteiger partial charge in [-0.1, -0.05) is 24.3 Å². The summed E-state index contributed by atoms with van der Waals surface area (Å²) in [7, 11) is 1.49. The fraction of sp³-hybridized carbons (Fsp3) is 0.250. The first-order valence-electron chi connectivity index (χ1n) is 8.17. The summed E-state index contributed by atoms with van der Waals surface area (Å²) in [6, 6.07) is 11.8. The van der Waals surface area contributed by atoms with Crippen LogP contribution >= 0.6 is 0 Å². The Morgan fingerprint density at radius 2 is 2.04 bits per heavy atom. The van der Waals surface area contributed by atoms with Gasteiger partial charge in [-0.05, 0) is 36.8 Å². The van der Waals surface area contributed by atoms with Crippen LogP contribution in [0.3, 0.4) is 0 Å². The summed E-state index contributed by atoms with van der Waals surface area (Å²) < 4.78 is 30.1. The summed E-state index contributed by atoms with van der Waals surface area (Å²) in [5.74, 6) is 0.663. The topological polar surface area (TPSA) is 56.8 Å². The fourth-order valence-electron chi connectivity index (χ4n) is 2.67. The van der Waals surface area contributed by atoms with E-state index in [0.29, 0.717) is 17.1 Å². The van der Waals surface area contributed by atoms with Crippen molar-refractivity contribution in [2.24, 2.45) is 0 Å². The highest BCUT2D eigenvalue weighted by molar-refractivity contribution is 5.91. The van der Waals surface area contributed by atoms with Crippen LogP contribution in [0.4, 0.5) is 4.39 Å². The zero-order chi connectivity index (χ0) is 18.6. The van der Waals surface area contributed by atoms with Crippen LogP contribution in [0, 0.1) is 5.82 Å². The number of ether oxygens (including phenoxy) is 3. The van der Waals surface area contributed by atoms with Gasteiger partial charge in [-0.15, -0.1) is 0 Å². The Kier molecular flexibility index (Phi) is 5.23. The molecule has 1 aliphatic heterocycles. The van der Waals surface area contributed by atoms with Crippen molar-refractivity contribution < 1.29 is 23.4 Å². The number of carbonyl (C=O) groups is 1. The van der Waals surface area contributed by atoms with Crippen molar-refractivity contribution in [2.75, 3.05) is 20.4 Å². The maximum absolute atomic E-state index is 14.0. The van der Waals surface area contributed by atoms with Crippen LogP contribution in [0.5, 0.6) is 11.5 Å². The number of hydrogen-bond donors (Lipinski definition) is 1. The van der Waals surface area contributed by atoms with Crippen LogP contribution in [-0.2, 0) is 15.1 Å². The lowest BCUT2D eigenvalue weighted by Gasteiger charge is -2.29.